The molecule has 0 radical (unpaired) electrons. The van der Waals surface area contributed by atoms with Crippen LogP contribution >= 0.6 is 0 Å². The summed E-state index contributed by atoms with van der Waals surface area (Å²) in [6, 6.07) is 16.9. The van der Waals surface area contributed by atoms with Crippen molar-refractivity contribution >= 4 is 16.9 Å². The highest BCUT2D eigenvalue weighted by molar-refractivity contribution is 7.88. The lowest BCUT2D eigenvalue weighted by Crippen LogP contribution is -1.86. The van der Waals surface area contributed by atoms with Gasteiger partial charge in [-0.25, -0.2) is 4.21 Å². The molecule has 0 aliphatic rings. The Morgan fingerprint density at radius 3 is 2.35 bits per heavy atom. The Labute approximate surface area is 106 Å². The summed E-state index contributed by atoms with van der Waals surface area (Å²) in [4.78, 5) is 0.665. The number of rotatable bonds is 3. The Kier molecular flexibility index (Phi) is 3.45. The van der Waals surface area contributed by atoms with E-state index in [9.17, 15) is 4.21 Å². The van der Waals surface area contributed by atoms with Crippen molar-refractivity contribution in [3.63, 3.8) is 0 Å². The maximum atomic E-state index is 12.1. The van der Waals surface area contributed by atoms with Crippen molar-refractivity contribution in [3.8, 4) is 0 Å². The number of hydrogen-bond donors (Lipinski definition) is 0. The van der Waals surface area contributed by atoms with Crippen LogP contribution in [0.4, 0.5) is 0 Å². The van der Waals surface area contributed by atoms with E-state index in [-0.39, 0.29) is 5.38 Å². The van der Waals surface area contributed by atoms with Crippen LogP contribution in [0.3, 0.4) is 0 Å². The van der Waals surface area contributed by atoms with Gasteiger partial charge in [0, 0.05) is 10.3 Å². The summed E-state index contributed by atoms with van der Waals surface area (Å²) >= 11 is 0. The topological polar surface area (TPSA) is 17.1 Å². The van der Waals surface area contributed by atoms with E-state index in [1.807, 2.05) is 49.4 Å². The van der Waals surface area contributed by atoms with Crippen LogP contribution in [0, 0.1) is 6.92 Å². The van der Waals surface area contributed by atoms with E-state index < -0.39 is 10.8 Å². The van der Waals surface area contributed by atoms with E-state index in [1.165, 1.54) is 0 Å². The molecule has 0 saturated carbocycles. The number of aryl methyl sites for hydroxylation is 1. The van der Waals surface area contributed by atoms with Gasteiger partial charge in [-0.05, 0) is 30.7 Å². The highest BCUT2D eigenvalue weighted by atomic mass is 32.2. The first-order valence-electron chi connectivity index (χ1n) is 5.88. The molecule has 0 fully saturated rings. The summed E-state index contributed by atoms with van der Waals surface area (Å²) < 4.78 is 20.0. The Bertz CT molecular complexity index is 573. The zero-order chi connectivity index (χ0) is 13.0. The van der Waals surface area contributed by atoms with Gasteiger partial charge in [0.1, 0.15) is 0 Å². The van der Waals surface area contributed by atoms with E-state index in [0.717, 1.165) is 11.1 Å². The molecule has 1 atom stereocenters. The molecule has 2 heteroatoms. The SMILES string of the molecule is [2H]/C(=C\c1ccccc1)S(=O)c1ccc(C)cc1. The summed E-state index contributed by atoms with van der Waals surface area (Å²) in [5.74, 6) is 0. The Hall–Kier alpha value is -1.67. The van der Waals surface area contributed by atoms with Crippen molar-refractivity contribution in [3.05, 3.63) is 71.1 Å². The van der Waals surface area contributed by atoms with E-state index >= 15 is 0 Å². The molecule has 0 bridgehead atoms. The van der Waals surface area contributed by atoms with Crippen molar-refractivity contribution < 1.29 is 5.58 Å². The Balaban J connectivity index is 2.24. The zero-order valence-corrected chi connectivity index (χ0v) is 10.4. The molecular weight excluding hydrogens is 228 g/mol. The van der Waals surface area contributed by atoms with Gasteiger partial charge in [0.2, 0.25) is 0 Å². The van der Waals surface area contributed by atoms with E-state index in [2.05, 4.69) is 0 Å². The van der Waals surface area contributed by atoms with Gasteiger partial charge in [0.05, 0.1) is 12.2 Å². The molecule has 1 nitrogen and oxygen atoms in total. The first-order chi connectivity index (χ1) is 8.66. The van der Waals surface area contributed by atoms with Gasteiger partial charge in [-0.3, -0.25) is 0 Å². The van der Waals surface area contributed by atoms with Gasteiger partial charge < -0.3 is 0 Å². The van der Waals surface area contributed by atoms with Gasteiger partial charge >= 0.3 is 0 Å². The van der Waals surface area contributed by atoms with Crippen molar-refractivity contribution in [1.82, 2.24) is 0 Å². The van der Waals surface area contributed by atoms with Crippen molar-refractivity contribution in [2.45, 2.75) is 11.8 Å². The predicted octanol–water partition coefficient (Wildman–Crippen LogP) is 3.77. The smallest absolute Gasteiger partial charge is 0.0776 e. The summed E-state index contributed by atoms with van der Waals surface area (Å²) in [6.07, 6.45) is 1.63. The van der Waals surface area contributed by atoms with Crippen LogP contribution in [-0.4, -0.2) is 4.21 Å². The normalized spacial score (nSPS) is 14.2. The molecule has 1 unspecified atom stereocenters. The fraction of sp³-hybridized carbons (Fsp3) is 0.0667. The van der Waals surface area contributed by atoms with Crippen LogP contribution < -0.4 is 0 Å². The molecule has 17 heavy (non-hydrogen) atoms. The molecule has 2 aromatic rings. The van der Waals surface area contributed by atoms with Crippen LogP contribution in [0.2, 0.25) is 0 Å². The molecule has 0 saturated heterocycles. The molecule has 0 amide bonds. The zero-order valence-electron chi connectivity index (χ0n) is 10.6. The molecule has 0 aliphatic carbocycles. The molecule has 0 heterocycles. The minimum Gasteiger partial charge on any atom is -0.250 e. The Morgan fingerprint density at radius 1 is 1.06 bits per heavy atom. The highest BCUT2D eigenvalue weighted by Gasteiger charge is 1.98. The summed E-state index contributed by atoms with van der Waals surface area (Å²) in [7, 11) is -1.41. The molecule has 0 aromatic heterocycles. The van der Waals surface area contributed by atoms with Gasteiger partial charge in [0.15, 0.2) is 0 Å². The molecular formula is C15H14OS. The second-order valence-electron chi connectivity index (χ2n) is 3.75. The highest BCUT2D eigenvalue weighted by Crippen LogP contribution is 2.11. The third-order valence-electron chi connectivity index (χ3n) is 2.37. The summed E-state index contributed by atoms with van der Waals surface area (Å²) in [6.45, 7) is 1.98. The van der Waals surface area contributed by atoms with Crippen molar-refractivity contribution in [1.29, 1.82) is 0 Å². The number of hydrogen-bond acceptors (Lipinski definition) is 1. The summed E-state index contributed by atoms with van der Waals surface area (Å²) in [5.41, 5.74) is 2.01. The molecule has 0 spiro atoms. The fourth-order valence-electron chi connectivity index (χ4n) is 1.40. The minimum atomic E-state index is -1.41. The first-order valence-corrected chi connectivity index (χ1v) is 6.53. The van der Waals surface area contributed by atoms with E-state index in [4.69, 9.17) is 1.37 Å². The van der Waals surface area contributed by atoms with Gasteiger partial charge in [-0.2, -0.15) is 0 Å². The third-order valence-corrected chi connectivity index (χ3v) is 3.40. The average Bonchev–Trinajstić information content (AvgIpc) is 2.40. The van der Waals surface area contributed by atoms with Crippen LogP contribution in [0.15, 0.2) is 64.9 Å². The largest absolute Gasteiger partial charge is 0.250 e. The average molecular weight is 243 g/mol. The van der Waals surface area contributed by atoms with E-state index in [0.29, 0.717) is 4.90 Å². The molecule has 2 rings (SSSR count). The molecule has 2 aromatic carbocycles. The Morgan fingerprint density at radius 2 is 1.71 bits per heavy atom. The second-order valence-corrected chi connectivity index (χ2v) is 5.00. The third kappa shape index (κ3) is 3.40. The van der Waals surface area contributed by atoms with Gasteiger partial charge in [0.25, 0.3) is 0 Å². The van der Waals surface area contributed by atoms with Crippen LogP contribution in [0.5, 0.6) is 0 Å². The maximum absolute atomic E-state index is 12.1. The molecule has 86 valence electrons. The van der Waals surface area contributed by atoms with Gasteiger partial charge in [-0.1, -0.05) is 48.0 Å². The van der Waals surface area contributed by atoms with Crippen LogP contribution in [0.1, 0.15) is 12.5 Å². The number of benzene rings is 2. The lowest BCUT2D eigenvalue weighted by molar-refractivity contribution is 0.688. The minimum absolute atomic E-state index is 0.116. The predicted molar refractivity (Wildman–Crippen MR) is 73.1 cm³/mol. The van der Waals surface area contributed by atoms with E-state index in [1.54, 1.807) is 18.2 Å². The molecule has 0 N–H and O–H groups in total. The lowest BCUT2D eigenvalue weighted by atomic mass is 10.2. The van der Waals surface area contributed by atoms with Crippen molar-refractivity contribution in [2.24, 2.45) is 0 Å². The monoisotopic (exact) mass is 243 g/mol. The van der Waals surface area contributed by atoms with Crippen LogP contribution in [0.25, 0.3) is 6.08 Å². The van der Waals surface area contributed by atoms with Gasteiger partial charge in [-0.15, -0.1) is 0 Å². The lowest BCUT2D eigenvalue weighted by Gasteiger charge is -1.97. The summed E-state index contributed by atoms with van der Waals surface area (Å²) in [5, 5.41) is 0.116. The fourth-order valence-corrected chi connectivity index (χ4v) is 2.16. The first kappa shape index (κ1) is 10.5. The quantitative estimate of drug-likeness (QED) is 0.802. The molecule has 0 aliphatic heterocycles. The second kappa shape index (κ2) is 5.60. The standard InChI is InChI=1S/C15H14OS/c1-13-7-9-15(10-8-13)17(16)12-11-14-5-3-2-4-6-14/h2-12H,1H3/b12-11+/i12D. The maximum Gasteiger partial charge on any atom is 0.0776 e. The van der Waals surface area contributed by atoms with Crippen molar-refractivity contribution in [2.75, 3.05) is 0 Å². The van der Waals surface area contributed by atoms with Crippen LogP contribution in [-0.2, 0) is 10.8 Å².